The fourth-order valence-electron chi connectivity index (χ4n) is 2.18. The van der Waals surface area contributed by atoms with Crippen molar-refractivity contribution in [2.24, 2.45) is 0 Å². The maximum absolute atomic E-state index is 11.6. The minimum absolute atomic E-state index is 0.0864. The molecule has 2 atom stereocenters. The molecule has 0 saturated heterocycles. The van der Waals surface area contributed by atoms with Gasteiger partial charge < -0.3 is 20.3 Å². The van der Waals surface area contributed by atoms with E-state index < -0.39 is 18.3 Å². The van der Waals surface area contributed by atoms with Gasteiger partial charge in [-0.25, -0.2) is 4.79 Å². The smallest absolute Gasteiger partial charge is 0.407 e. The predicted octanol–water partition coefficient (Wildman–Crippen LogP) is 1.66. The first-order chi connectivity index (χ1) is 12.1. The van der Waals surface area contributed by atoms with E-state index in [1.807, 2.05) is 36.4 Å². The maximum Gasteiger partial charge on any atom is 0.407 e. The Morgan fingerprint density at radius 2 is 2.00 bits per heavy atom. The molecule has 0 radical (unpaired) electrons. The van der Waals surface area contributed by atoms with Crippen LogP contribution in [0.3, 0.4) is 0 Å². The van der Waals surface area contributed by atoms with Gasteiger partial charge in [-0.05, 0) is 24.1 Å². The second kappa shape index (κ2) is 9.37. The van der Waals surface area contributed by atoms with Crippen LogP contribution in [0.15, 0.2) is 48.7 Å². The molecule has 0 fully saturated rings. The van der Waals surface area contributed by atoms with E-state index in [4.69, 9.17) is 10.00 Å². The first-order valence-corrected chi connectivity index (χ1v) is 7.77. The van der Waals surface area contributed by atoms with Crippen molar-refractivity contribution < 1.29 is 19.7 Å². The van der Waals surface area contributed by atoms with Crippen molar-refractivity contribution in [1.82, 2.24) is 10.3 Å². The van der Waals surface area contributed by atoms with Gasteiger partial charge in [0.1, 0.15) is 18.8 Å². The third-order valence-corrected chi connectivity index (χ3v) is 3.53. The van der Waals surface area contributed by atoms with Gasteiger partial charge in [0, 0.05) is 12.7 Å². The molecule has 0 bridgehead atoms. The number of nitrogens with zero attached hydrogens (tertiary/aromatic N) is 2. The maximum atomic E-state index is 11.6. The number of pyridine rings is 1. The van der Waals surface area contributed by atoms with Gasteiger partial charge in [0.2, 0.25) is 0 Å². The van der Waals surface area contributed by atoms with Gasteiger partial charge in [0.25, 0.3) is 0 Å². The first-order valence-electron chi connectivity index (χ1n) is 7.77. The molecular weight excluding hydrogens is 322 g/mol. The zero-order chi connectivity index (χ0) is 18.1. The zero-order valence-corrected chi connectivity index (χ0v) is 13.5. The number of nitrogens with one attached hydrogen (secondary N) is 1. The number of amides is 1. The average molecular weight is 341 g/mol. The fraction of sp³-hybridized carbons (Fsp3) is 0.278. The van der Waals surface area contributed by atoms with Crippen molar-refractivity contribution in [2.45, 2.75) is 25.2 Å². The van der Waals surface area contributed by atoms with Gasteiger partial charge in [0.15, 0.2) is 0 Å². The fourth-order valence-corrected chi connectivity index (χ4v) is 2.18. The standard InChI is InChI=1S/C18H19N3O4/c19-11-14-7-4-9-20-16(14)17(23)15(22)8-10-21-18(24)25-12-13-5-2-1-3-6-13/h1-7,9,15,17,22-23H,8,10,12H2,(H,21,24). The van der Waals surface area contributed by atoms with Crippen molar-refractivity contribution in [3.8, 4) is 6.07 Å². The number of hydrogen-bond donors (Lipinski definition) is 3. The number of rotatable bonds is 7. The molecule has 1 aromatic heterocycles. The van der Waals surface area contributed by atoms with Gasteiger partial charge in [-0.3, -0.25) is 4.98 Å². The molecule has 3 N–H and O–H groups in total. The third kappa shape index (κ3) is 5.57. The molecule has 1 amide bonds. The van der Waals surface area contributed by atoms with E-state index >= 15 is 0 Å². The molecule has 2 unspecified atom stereocenters. The zero-order valence-electron chi connectivity index (χ0n) is 13.5. The lowest BCUT2D eigenvalue weighted by Gasteiger charge is -2.18. The number of carbonyl (C=O) groups is 1. The number of aliphatic hydroxyl groups is 2. The minimum atomic E-state index is -1.31. The van der Waals surface area contributed by atoms with Crippen LogP contribution in [0.2, 0.25) is 0 Å². The van der Waals surface area contributed by atoms with E-state index in [1.165, 1.54) is 12.3 Å². The average Bonchev–Trinajstić information content (AvgIpc) is 2.66. The van der Waals surface area contributed by atoms with E-state index in [9.17, 15) is 15.0 Å². The normalized spacial score (nSPS) is 12.7. The van der Waals surface area contributed by atoms with Crippen molar-refractivity contribution in [2.75, 3.05) is 6.54 Å². The Kier molecular flexibility index (Phi) is 6.89. The second-order valence-corrected chi connectivity index (χ2v) is 5.34. The molecule has 130 valence electrons. The summed E-state index contributed by atoms with van der Waals surface area (Å²) in [6.07, 6.45) is -1.57. The van der Waals surface area contributed by atoms with Crippen LogP contribution < -0.4 is 5.32 Å². The second-order valence-electron chi connectivity index (χ2n) is 5.34. The number of hydrogen-bond acceptors (Lipinski definition) is 6. The van der Waals surface area contributed by atoms with E-state index in [2.05, 4.69) is 10.3 Å². The molecule has 0 saturated carbocycles. The Bertz CT molecular complexity index is 731. The third-order valence-electron chi connectivity index (χ3n) is 3.53. The van der Waals surface area contributed by atoms with Gasteiger partial charge in [-0.1, -0.05) is 30.3 Å². The first kappa shape index (κ1) is 18.4. The van der Waals surface area contributed by atoms with Crippen LogP contribution in [0.4, 0.5) is 4.79 Å². The Morgan fingerprint density at radius 1 is 1.24 bits per heavy atom. The van der Waals surface area contributed by atoms with E-state index in [1.54, 1.807) is 6.07 Å². The van der Waals surface area contributed by atoms with E-state index in [-0.39, 0.29) is 30.8 Å². The van der Waals surface area contributed by atoms with Crippen molar-refractivity contribution in [3.05, 3.63) is 65.5 Å². The van der Waals surface area contributed by atoms with E-state index in [0.717, 1.165) is 5.56 Å². The highest BCUT2D eigenvalue weighted by molar-refractivity contribution is 5.67. The summed E-state index contributed by atoms with van der Waals surface area (Å²) in [6, 6.07) is 14.2. The quantitative estimate of drug-likeness (QED) is 0.705. The SMILES string of the molecule is N#Cc1cccnc1C(O)C(O)CCNC(=O)OCc1ccccc1. The van der Waals surface area contributed by atoms with Crippen LogP contribution in [0.1, 0.15) is 29.3 Å². The van der Waals surface area contributed by atoms with Crippen LogP contribution >= 0.6 is 0 Å². The minimum Gasteiger partial charge on any atom is -0.445 e. The molecule has 7 nitrogen and oxygen atoms in total. The van der Waals surface area contributed by atoms with Crippen LogP contribution in [0, 0.1) is 11.3 Å². The predicted molar refractivity (Wildman–Crippen MR) is 89.2 cm³/mol. The number of carbonyl (C=O) groups excluding carboxylic acids is 1. The lowest BCUT2D eigenvalue weighted by atomic mass is 10.0. The highest BCUT2D eigenvalue weighted by atomic mass is 16.5. The van der Waals surface area contributed by atoms with Crippen molar-refractivity contribution in [1.29, 1.82) is 5.26 Å². The molecular formula is C18H19N3O4. The summed E-state index contributed by atoms with van der Waals surface area (Å²) in [4.78, 5) is 15.5. The van der Waals surface area contributed by atoms with Crippen molar-refractivity contribution in [3.63, 3.8) is 0 Å². The number of ether oxygens (including phenoxy) is 1. The molecule has 2 aromatic rings. The van der Waals surface area contributed by atoms with Gasteiger partial charge in [-0.15, -0.1) is 0 Å². The summed E-state index contributed by atoms with van der Waals surface area (Å²) in [5.41, 5.74) is 1.18. The summed E-state index contributed by atoms with van der Waals surface area (Å²) < 4.78 is 5.04. The Hall–Kier alpha value is -2.95. The van der Waals surface area contributed by atoms with E-state index in [0.29, 0.717) is 0 Å². The summed E-state index contributed by atoms with van der Waals surface area (Å²) in [6.45, 7) is 0.262. The van der Waals surface area contributed by atoms with Crippen LogP contribution in [0.5, 0.6) is 0 Å². The van der Waals surface area contributed by atoms with Crippen LogP contribution in [-0.2, 0) is 11.3 Å². The van der Waals surface area contributed by atoms with Crippen LogP contribution in [-0.4, -0.2) is 33.9 Å². The lowest BCUT2D eigenvalue weighted by molar-refractivity contribution is 0.0110. The Morgan fingerprint density at radius 3 is 2.72 bits per heavy atom. The monoisotopic (exact) mass is 341 g/mol. The molecule has 7 heteroatoms. The summed E-state index contributed by atoms with van der Waals surface area (Å²) in [5, 5.41) is 31.6. The molecule has 1 aromatic carbocycles. The molecule has 0 aliphatic heterocycles. The summed E-state index contributed by atoms with van der Waals surface area (Å²) in [7, 11) is 0. The number of aromatic nitrogens is 1. The van der Waals surface area contributed by atoms with Gasteiger partial charge in [-0.2, -0.15) is 5.26 Å². The Labute approximate surface area is 145 Å². The van der Waals surface area contributed by atoms with Crippen molar-refractivity contribution >= 4 is 6.09 Å². The molecule has 0 spiro atoms. The van der Waals surface area contributed by atoms with Gasteiger partial charge in [0.05, 0.1) is 17.4 Å². The number of aliphatic hydroxyl groups excluding tert-OH is 2. The molecule has 1 heterocycles. The summed E-state index contributed by atoms with van der Waals surface area (Å²) in [5.74, 6) is 0. The topological polar surface area (TPSA) is 115 Å². The highest BCUT2D eigenvalue weighted by Gasteiger charge is 2.22. The summed E-state index contributed by atoms with van der Waals surface area (Å²) >= 11 is 0. The van der Waals surface area contributed by atoms with Crippen LogP contribution in [0.25, 0.3) is 0 Å². The molecule has 2 rings (SSSR count). The number of benzene rings is 1. The molecule has 0 aliphatic rings. The Balaban J connectivity index is 1.75. The highest BCUT2D eigenvalue weighted by Crippen LogP contribution is 2.19. The molecule has 25 heavy (non-hydrogen) atoms. The largest absolute Gasteiger partial charge is 0.445 e. The number of alkyl carbamates (subject to hydrolysis) is 1. The molecule has 0 aliphatic carbocycles. The van der Waals surface area contributed by atoms with Gasteiger partial charge >= 0.3 is 6.09 Å². The number of nitriles is 1. The lowest BCUT2D eigenvalue weighted by Crippen LogP contribution is -2.30.